The van der Waals surface area contributed by atoms with E-state index in [4.69, 9.17) is 5.73 Å². The maximum absolute atomic E-state index is 5.41. The van der Waals surface area contributed by atoms with E-state index in [0.29, 0.717) is 6.54 Å². The first-order valence-electron chi connectivity index (χ1n) is 4.63. The van der Waals surface area contributed by atoms with Crippen molar-refractivity contribution in [3.05, 3.63) is 66.8 Å². The van der Waals surface area contributed by atoms with Gasteiger partial charge in [0.05, 0.1) is 0 Å². The third-order valence-electron chi connectivity index (χ3n) is 1.84. The van der Waals surface area contributed by atoms with Crippen molar-refractivity contribution in [1.82, 2.24) is 0 Å². The fraction of sp³-hybridized carbons (Fsp3) is 0.0769. The molecule has 72 valence electrons. The highest BCUT2D eigenvalue weighted by atomic mass is 14.5. The second-order valence-electron chi connectivity index (χ2n) is 2.86. The molecule has 1 nitrogen and oxygen atoms in total. The van der Waals surface area contributed by atoms with Crippen LogP contribution in [0, 0.1) is 0 Å². The molecule has 0 aromatic heterocycles. The van der Waals surface area contributed by atoms with Crippen LogP contribution >= 0.6 is 0 Å². The van der Waals surface area contributed by atoms with Gasteiger partial charge in [0, 0.05) is 6.54 Å². The lowest BCUT2D eigenvalue weighted by molar-refractivity contribution is 1.26. The highest BCUT2D eigenvalue weighted by molar-refractivity contribution is 5.74. The van der Waals surface area contributed by atoms with E-state index in [-0.39, 0.29) is 0 Å². The van der Waals surface area contributed by atoms with Crippen molar-refractivity contribution in [3.63, 3.8) is 0 Å². The van der Waals surface area contributed by atoms with Crippen LogP contribution < -0.4 is 5.73 Å². The van der Waals surface area contributed by atoms with E-state index in [2.05, 4.69) is 18.7 Å². The maximum Gasteiger partial charge on any atom is 0.0110 e. The Labute approximate surface area is 85.3 Å². The third-order valence-corrected chi connectivity index (χ3v) is 1.84. The van der Waals surface area contributed by atoms with Crippen LogP contribution in [0.1, 0.15) is 5.56 Å². The van der Waals surface area contributed by atoms with Gasteiger partial charge in [-0.05, 0) is 11.1 Å². The van der Waals surface area contributed by atoms with E-state index in [1.165, 1.54) is 5.56 Å². The molecule has 1 rings (SSSR count). The molecule has 2 N–H and O–H groups in total. The van der Waals surface area contributed by atoms with Gasteiger partial charge in [-0.2, -0.15) is 0 Å². The Morgan fingerprint density at radius 3 is 2.57 bits per heavy atom. The summed E-state index contributed by atoms with van der Waals surface area (Å²) >= 11 is 0. The zero-order valence-electron chi connectivity index (χ0n) is 8.19. The molecule has 0 fully saturated rings. The molecule has 0 aliphatic carbocycles. The van der Waals surface area contributed by atoms with Gasteiger partial charge in [0.15, 0.2) is 0 Å². The number of hydrogen-bond acceptors (Lipinski definition) is 1. The minimum Gasteiger partial charge on any atom is -0.327 e. The van der Waals surface area contributed by atoms with Crippen LogP contribution in [-0.4, -0.2) is 6.54 Å². The van der Waals surface area contributed by atoms with Crippen LogP contribution in [0.15, 0.2) is 61.2 Å². The molecule has 0 aliphatic rings. The van der Waals surface area contributed by atoms with Gasteiger partial charge in [-0.15, -0.1) is 0 Å². The molecular formula is C13H15N. The van der Waals surface area contributed by atoms with Crippen molar-refractivity contribution in [2.24, 2.45) is 5.73 Å². The van der Waals surface area contributed by atoms with Crippen molar-refractivity contribution < 1.29 is 0 Å². The Morgan fingerprint density at radius 1 is 1.29 bits per heavy atom. The minimum absolute atomic E-state index is 0.557. The standard InChI is InChI=1S/C13H15N/c1-2-7-12(10-6-11-14)13-8-4-3-5-9-13/h2-10H,1,11,14H2/b10-6-,12-7+. The number of nitrogens with two attached hydrogens (primary N) is 1. The summed E-state index contributed by atoms with van der Waals surface area (Å²) in [6.45, 7) is 4.25. The van der Waals surface area contributed by atoms with Crippen molar-refractivity contribution in [2.75, 3.05) is 6.54 Å². The molecular weight excluding hydrogens is 170 g/mol. The highest BCUT2D eigenvalue weighted by Crippen LogP contribution is 2.15. The largest absolute Gasteiger partial charge is 0.327 e. The quantitative estimate of drug-likeness (QED) is 0.717. The Kier molecular flexibility index (Phi) is 4.45. The van der Waals surface area contributed by atoms with Crippen molar-refractivity contribution in [2.45, 2.75) is 0 Å². The van der Waals surface area contributed by atoms with Crippen molar-refractivity contribution in [3.8, 4) is 0 Å². The third kappa shape index (κ3) is 3.04. The topological polar surface area (TPSA) is 26.0 Å². The molecule has 1 heteroatoms. The summed E-state index contributed by atoms with van der Waals surface area (Å²) in [4.78, 5) is 0. The SMILES string of the molecule is C=C/C=C(\C=C/CN)c1ccccc1. The van der Waals surface area contributed by atoms with Crippen molar-refractivity contribution >= 4 is 5.57 Å². The summed E-state index contributed by atoms with van der Waals surface area (Å²) in [5, 5.41) is 0. The Bertz CT molecular complexity index is 334. The predicted octanol–water partition coefficient (Wildman–Crippen LogP) is 2.77. The van der Waals surface area contributed by atoms with Gasteiger partial charge in [-0.3, -0.25) is 0 Å². The monoisotopic (exact) mass is 185 g/mol. The fourth-order valence-electron chi connectivity index (χ4n) is 1.20. The second kappa shape index (κ2) is 5.95. The van der Waals surface area contributed by atoms with Crippen LogP contribution in [0.4, 0.5) is 0 Å². The van der Waals surface area contributed by atoms with E-state index < -0.39 is 0 Å². The summed E-state index contributed by atoms with van der Waals surface area (Å²) in [5.74, 6) is 0. The molecule has 1 aromatic rings. The lowest BCUT2D eigenvalue weighted by Crippen LogP contribution is -1.92. The zero-order chi connectivity index (χ0) is 10.2. The van der Waals surface area contributed by atoms with Gasteiger partial charge >= 0.3 is 0 Å². The van der Waals surface area contributed by atoms with Crippen LogP contribution in [0.2, 0.25) is 0 Å². The first kappa shape index (κ1) is 10.5. The molecule has 0 aliphatic heterocycles. The summed E-state index contributed by atoms with van der Waals surface area (Å²) in [7, 11) is 0. The number of allylic oxidation sites excluding steroid dienone is 4. The normalized spacial score (nSPS) is 11.9. The lowest BCUT2D eigenvalue weighted by Gasteiger charge is -2.00. The average Bonchev–Trinajstić information content (AvgIpc) is 2.25. The predicted molar refractivity (Wildman–Crippen MR) is 62.8 cm³/mol. The molecule has 0 amide bonds. The summed E-state index contributed by atoms with van der Waals surface area (Å²) < 4.78 is 0. The van der Waals surface area contributed by atoms with Crippen LogP contribution in [0.25, 0.3) is 5.57 Å². The van der Waals surface area contributed by atoms with Crippen LogP contribution in [0.5, 0.6) is 0 Å². The first-order chi connectivity index (χ1) is 6.88. The number of hydrogen-bond donors (Lipinski definition) is 1. The smallest absolute Gasteiger partial charge is 0.0110 e. The molecule has 0 unspecified atom stereocenters. The second-order valence-corrected chi connectivity index (χ2v) is 2.86. The van der Waals surface area contributed by atoms with E-state index in [0.717, 1.165) is 5.57 Å². The summed E-state index contributed by atoms with van der Waals surface area (Å²) in [6, 6.07) is 10.2. The molecule has 0 radical (unpaired) electrons. The average molecular weight is 185 g/mol. The first-order valence-corrected chi connectivity index (χ1v) is 4.63. The van der Waals surface area contributed by atoms with E-state index >= 15 is 0 Å². The molecule has 0 saturated carbocycles. The lowest BCUT2D eigenvalue weighted by atomic mass is 10.1. The Morgan fingerprint density at radius 2 is 2.00 bits per heavy atom. The van der Waals surface area contributed by atoms with Gasteiger partial charge in [0.25, 0.3) is 0 Å². The molecule has 14 heavy (non-hydrogen) atoms. The van der Waals surface area contributed by atoms with Gasteiger partial charge < -0.3 is 5.73 Å². The van der Waals surface area contributed by atoms with Crippen molar-refractivity contribution in [1.29, 1.82) is 0 Å². The minimum atomic E-state index is 0.557. The van der Waals surface area contributed by atoms with Gasteiger partial charge in [0.2, 0.25) is 0 Å². The molecule has 1 aromatic carbocycles. The van der Waals surface area contributed by atoms with Crippen LogP contribution in [-0.2, 0) is 0 Å². The fourth-order valence-corrected chi connectivity index (χ4v) is 1.20. The summed E-state index contributed by atoms with van der Waals surface area (Å²) in [6.07, 6.45) is 7.70. The van der Waals surface area contributed by atoms with Gasteiger partial charge in [0.1, 0.15) is 0 Å². The van der Waals surface area contributed by atoms with E-state index in [1.54, 1.807) is 6.08 Å². The van der Waals surface area contributed by atoms with E-state index in [9.17, 15) is 0 Å². The Balaban J connectivity index is 2.95. The molecule has 0 bridgehead atoms. The molecule has 0 spiro atoms. The highest BCUT2D eigenvalue weighted by Gasteiger charge is 1.93. The summed E-state index contributed by atoms with van der Waals surface area (Å²) in [5.41, 5.74) is 7.72. The van der Waals surface area contributed by atoms with E-state index in [1.807, 2.05) is 36.4 Å². The molecule has 0 atom stereocenters. The Hall–Kier alpha value is -1.60. The number of benzene rings is 1. The number of rotatable bonds is 4. The molecule has 0 saturated heterocycles. The van der Waals surface area contributed by atoms with Gasteiger partial charge in [-0.1, -0.05) is 61.2 Å². The molecule has 0 heterocycles. The maximum atomic E-state index is 5.41. The zero-order valence-corrected chi connectivity index (χ0v) is 8.19. The van der Waals surface area contributed by atoms with Gasteiger partial charge in [-0.25, -0.2) is 0 Å². The van der Waals surface area contributed by atoms with Crippen LogP contribution in [0.3, 0.4) is 0 Å².